The number of para-hydroxylation sites is 1. The number of hydrazone groups is 1. The molecule has 2 heterocycles. The molecule has 0 saturated carbocycles. The van der Waals surface area contributed by atoms with E-state index in [4.69, 9.17) is 9.15 Å². The molecular weight excluding hydrogens is 418 g/mol. The first-order valence-electron chi connectivity index (χ1n) is 9.51. The van der Waals surface area contributed by atoms with Crippen LogP contribution in [0.1, 0.15) is 34.1 Å². The average Bonchev–Trinajstić information content (AvgIpc) is 3.43. The maximum atomic E-state index is 13.1. The molecule has 4 rings (SSSR count). The summed E-state index contributed by atoms with van der Waals surface area (Å²) in [7, 11) is -1.91. The summed E-state index contributed by atoms with van der Waals surface area (Å²) in [6, 6.07) is 17.2. The first-order chi connectivity index (χ1) is 14.9. The van der Waals surface area contributed by atoms with Gasteiger partial charge in [0.15, 0.2) is 5.76 Å². The Bertz CT molecular complexity index is 1240. The number of hydrogen-bond donors (Lipinski definition) is 1. The number of ether oxygens (including phenoxy) is 1. The van der Waals surface area contributed by atoms with Crippen molar-refractivity contribution in [2.75, 3.05) is 18.1 Å². The molecule has 9 heteroatoms. The number of furan rings is 1. The van der Waals surface area contributed by atoms with Crippen LogP contribution in [0.4, 0.5) is 5.69 Å². The van der Waals surface area contributed by atoms with Gasteiger partial charge in [0.25, 0.3) is 0 Å². The standard InChI is InChI=1S/C22H21N3O5S/c1-29-16-8-5-7-15(13-16)20-14-19(23-25(20)22(26)21-11-6-12-30-21)17-9-3-4-10-18(17)24-31(2,27)28/h3-13,20,24H,14H2,1-2H3. The molecule has 1 aliphatic rings. The third kappa shape index (κ3) is 4.46. The lowest BCUT2D eigenvalue weighted by Crippen LogP contribution is -2.26. The van der Waals surface area contributed by atoms with Gasteiger partial charge in [0.1, 0.15) is 5.75 Å². The van der Waals surface area contributed by atoms with Gasteiger partial charge in [0.2, 0.25) is 10.0 Å². The molecule has 8 nitrogen and oxygen atoms in total. The number of hydrogen-bond acceptors (Lipinski definition) is 6. The number of benzene rings is 2. The second-order valence-electron chi connectivity index (χ2n) is 7.09. The SMILES string of the molecule is COc1cccc(C2CC(c3ccccc3NS(C)(=O)=O)=NN2C(=O)c2ccco2)c1. The zero-order chi connectivity index (χ0) is 22.0. The summed E-state index contributed by atoms with van der Waals surface area (Å²) in [4.78, 5) is 13.1. The fourth-order valence-corrected chi connectivity index (χ4v) is 4.08. The molecule has 1 N–H and O–H groups in total. The van der Waals surface area contributed by atoms with Gasteiger partial charge in [0.05, 0.1) is 37.1 Å². The van der Waals surface area contributed by atoms with Gasteiger partial charge in [-0.2, -0.15) is 5.10 Å². The van der Waals surface area contributed by atoms with Gasteiger partial charge in [-0.25, -0.2) is 13.4 Å². The van der Waals surface area contributed by atoms with Gasteiger partial charge in [-0.05, 0) is 35.9 Å². The number of sulfonamides is 1. The zero-order valence-corrected chi connectivity index (χ0v) is 17.8. The highest BCUT2D eigenvalue weighted by atomic mass is 32.2. The number of nitrogens with zero attached hydrogens (tertiary/aromatic N) is 2. The average molecular weight is 439 g/mol. The topological polar surface area (TPSA) is 101 Å². The van der Waals surface area contributed by atoms with Crippen LogP contribution in [0.5, 0.6) is 5.75 Å². The minimum Gasteiger partial charge on any atom is -0.497 e. The van der Waals surface area contributed by atoms with Gasteiger partial charge >= 0.3 is 5.91 Å². The number of methoxy groups -OCH3 is 1. The Morgan fingerprint density at radius 1 is 1.16 bits per heavy atom. The van der Waals surface area contributed by atoms with E-state index in [2.05, 4.69) is 9.82 Å². The molecule has 0 aliphatic carbocycles. The van der Waals surface area contributed by atoms with Crippen molar-refractivity contribution in [1.82, 2.24) is 5.01 Å². The van der Waals surface area contributed by atoms with E-state index < -0.39 is 16.1 Å². The molecule has 0 spiro atoms. The Morgan fingerprint density at radius 3 is 2.68 bits per heavy atom. The van der Waals surface area contributed by atoms with E-state index in [0.29, 0.717) is 29.1 Å². The van der Waals surface area contributed by atoms with Crippen LogP contribution >= 0.6 is 0 Å². The molecule has 0 saturated heterocycles. The normalized spacial score (nSPS) is 16.1. The van der Waals surface area contributed by atoms with E-state index in [1.54, 1.807) is 43.5 Å². The molecular formula is C22H21N3O5S. The maximum Gasteiger partial charge on any atom is 0.310 e. The summed E-state index contributed by atoms with van der Waals surface area (Å²) in [5, 5.41) is 5.96. The molecule has 1 amide bonds. The first kappa shape index (κ1) is 20.7. The van der Waals surface area contributed by atoms with Crippen molar-refractivity contribution >= 4 is 27.3 Å². The van der Waals surface area contributed by atoms with Crippen molar-refractivity contribution in [2.24, 2.45) is 5.10 Å². The monoisotopic (exact) mass is 439 g/mol. The molecule has 0 fully saturated rings. The van der Waals surface area contributed by atoms with Gasteiger partial charge in [-0.15, -0.1) is 0 Å². The summed E-state index contributed by atoms with van der Waals surface area (Å²) in [6.45, 7) is 0. The molecule has 0 bridgehead atoms. The zero-order valence-electron chi connectivity index (χ0n) is 17.0. The van der Waals surface area contributed by atoms with Crippen molar-refractivity contribution in [3.05, 3.63) is 83.8 Å². The van der Waals surface area contributed by atoms with E-state index in [9.17, 15) is 13.2 Å². The minimum atomic E-state index is -3.49. The van der Waals surface area contributed by atoms with Gasteiger partial charge in [-0.1, -0.05) is 30.3 Å². The number of rotatable bonds is 6. The Kier molecular flexibility index (Phi) is 5.51. The molecule has 1 atom stereocenters. The van der Waals surface area contributed by atoms with E-state index >= 15 is 0 Å². The van der Waals surface area contributed by atoms with Crippen LogP contribution in [0, 0.1) is 0 Å². The maximum absolute atomic E-state index is 13.1. The van der Waals surface area contributed by atoms with Crippen LogP contribution in [0.25, 0.3) is 0 Å². The van der Waals surface area contributed by atoms with Gasteiger partial charge in [0, 0.05) is 12.0 Å². The van der Waals surface area contributed by atoms with Crippen molar-refractivity contribution in [2.45, 2.75) is 12.5 Å². The quantitative estimate of drug-likeness (QED) is 0.632. The van der Waals surface area contributed by atoms with E-state index in [1.807, 2.05) is 24.3 Å². The summed E-state index contributed by atoms with van der Waals surface area (Å²) >= 11 is 0. The fraction of sp³-hybridized carbons (Fsp3) is 0.182. The highest BCUT2D eigenvalue weighted by Gasteiger charge is 2.35. The van der Waals surface area contributed by atoms with Crippen LogP contribution in [-0.4, -0.2) is 38.4 Å². The molecule has 31 heavy (non-hydrogen) atoms. The van der Waals surface area contributed by atoms with Gasteiger partial charge in [-0.3, -0.25) is 9.52 Å². The summed E-state index contributed by atoms with van der Waals surface area (Å²) in [6.07, 6.45) is 2.91. The van der Waals surface area contributed by atoms with E-state index in [1.165, 1.54) is 11.3 Å². The molecule has 0 radical (unpaired) electrons. The molecule has 1 aliphatic heterocycles. The Balaban J connectivity index is 1.77. The van der Waals surface area contributed by atoms with Gasteiger partial charge < -0.3 is 9.15 Å². The minimum absolute atomic E-state index is 0.167. The van der Waals surface area contributed by atoms with Crippen molar-refractivity contribution < 1.29 is 22.4 Å². The summed E-state index contributed by atoms with van der Waals surface area (Å²) < 4.78 is 36.8. The third-order valence-electron chi connectivity index (χ3n) is 4.86. The smallest absolute Gasteiger partial charge is 0.310 e. The summed E-state index contributed by atoms with van der Waals surface area (Å²) in [5.41, 5.74) is 2.43. The predicted octanol–water partition coefficient (Wildman–Crippen LogP) is 3.65. The van der Waals surface area contributed by atoms with E-state index in [0.717, 1.165) is 11.8 Å². The molecule has 3 aromatic rings. The Hall–Kier alpha value is -3.59. The Labute approximate surface area is 180 Å². The number of carbonyl (C=O) groups excluding carboxylic acids is 1. The summed E-state index contributed by atoms with van der Waals surface area (Å²) in [5.74, 6) is 0.442. The third-order valence-corrected chi connectivity index (χ3v) is 5.45. The Morgan fingerprint density at radius 2 is 1.97 bits per heavy atom. The second-order valence-corrected chi connectivity index (χ2v) is 8.84. The fourth-order valence-electron chi connectivity index (χ4n) is 3.51. The largest absolute Gasteiger partial charge is 0.497 e. The molecule has 2 aromatic carbocycles. The molecule has 1 aromatic heterocycles. The lowest BCUT2D eigenvalue weighted by molar-refractivity contribution is 0.0678. The van der Waals surface area contributed by atoms with Crippen molar-refractivity contribution in [3.8, 4) is 5.75 Å². The lowest BCUT2D eigenvalue weighted by Gasteiger charge is -2.21. The number of carbonyl (C=O) groups is 1. The first-order valence-corrected chi connectivity index (χ1v) is 11.4. The van der Waals surface area contributed by atoms with E-state index in [-0.39, 0.29) is 11.7 Å². The van der Waals surface area contributed by atoms with Crippen molar-refractivity contribution in [1.29, 1.82) is 0 Å². The molecule has 160 valence electrons. The molecule has 1 unspecified atom stereocenters. The van der Waals surface area contributed by atoms with Crippen LogP contribution < -0.4 is 9.46 Å². The second kappa shape index (κ2) is 8.27. The van der Waals surface area contributed by atoms with Crippen LogP contribution in [-0.2, 0) is 10.0 Å². The number of anilines is 1. The highest BCUT2D eigenvalue weighted by molar-refractivity contribution is 7.92. The lowest BCUT2D eigenvalue weighted by atomic mass is 9.97. The number of nitrogens with one attached hydrogen (secondary N) is 1. The predicted molar refractivity (Wildman–Crippen MR) is 117 cm³/mol. The van der Waals surface area contributed by atoms with Crippen LogP contribution in [0.15, 0.2) is 76.4 Å². The van der Waals surface area contributed by atoms with Crippen molar-refractivity contribution in [3.63, 3.8) is 0 Å². The van der Waals surface area contributed by atoms with Crippen LogP contribution in [0.3, 0.4) is 0 Å². The number of amides is 1. The van der Waals surface area contributed by atoms with Crippen LogP contribution in [0.2, 0.25) is 0 Å². The highest BCUT2D eigenvalue weighted by Crippen LogP contribution is 2.36.